The van der Waals surface area contributed by atoms with Crippen molar-refractivity contribution in [3.8, 4) is 0 Å². The minimum absolute atomic E-state index is 0.0441. The molecule has 20 heavy (non-hydrogen) atoms. The maximum atomic E-state index is 12.2. The molecule has 1 fully saturated rings. The third-order valence-electron chi connectivity index (χ3n) is 3.68. The summed E-state index contributed by atoms with van der Waals surface area (Å²) in [5, 5.41) is 0. The number of hydrogen-bond donors (Lipinski definition) is 2. The van der Waals surface area contributed by atoms with Crippen LogP contribution in [0.2, 0.25) is 0 Å². The van der Waals surface area contributed by atoms with Crippen molar-refractivity contribution >= 4 is 15.9 Å². The van der Waals surface area contributed by atoms with E-state index in [1.807, 2.05) is 0 Å². The van der Waals surface area contributed by atoms with Gasteiger partial charge in [0, 0.05) is 18.6 Å². The summed E-state index contributed by atoms with van der Waals surface area (Å²) >= 11 is 0. The first-order chi connectivity index (χ1) is 9.27. The van der Waals surface area contributed by atoms with E-state index in [9.17, 15) is 13.2 Å². The quantitative estimate of drug-likeness (QED) is 0.623. The zero-order chi connectivity index (χ0) is 15.3. The standard InChI is InChI=1S/C12H26N4O3S/c1-10(2)15-6-3-11(4-7-15)16(9-12(14)17)20(18,19)8-5-13/h10-11H,3-9,13H2,1-2H3,(H2,14,17). The minimum Gasteiger partial charge on any atom is -0.369 e. The molecule has 1 aliphatic heterocycles. The number of nitrogens with zero attached hydrogens (tertiary/aromatic N) is 2. The highest BCUT2D eigenvalue weighted by Crippen LogP contribution is 2.20. The van der Waals surface area contributed by atoms with Gasteiger partial charge >= 0.3 is 0 Å². The fraction of sp³-hybridized carbons (Fsp3) is 0.917. The van der Waals surface area contributed by atoms with E-state index in [0.717, 1.165) is 25.9 Å². The van der Waals surface area contributed by atoms with Gasteiger partial charge in [0.1, 0.15) is 0 Å². The Morgan fingerprint density at radius 1 is 1.35 bits per heavy atom. The Balaban J connectivity index is 2.78. The second-order valence-corrected chi connectivity index (χ2v) is 7.52. The molecule has 0 aromatic heterocycles. The van der Waals surface area contributed by atoms with Crippen molar-refractivity contribution < 1.29 is 13.2 Å². The summed E-state index contributed by atoms with van der Waals surface area (Å²) in [5.74, 6) is -0.776. The van der Waals surface area contributed by atoms with Crippen molar-refractivity contribution in [1.29, 1.82) is 0 Å². The summed E-state index contributed by atoms with van der Waals surface area (Å²) < 4.78 is 25.7. The van der Waals surface area contributed by atoms with Crippen molar-refractivity contribution in [1.82, 2.24) is 9.21 Å². The first-order valence-corrected chi connectivity index (χ1v) is 8.60. The fourth-order valence-electron chi connectivity index (χ4n) is 2.56. The molecule has 0 bridgehead atoms. The van der Waals surface area contributed by atoms with Crippen LogP contribution in [0, 0.1) is 0 Å². The van der Waals surface area contributed by atoms with Crippen LogP contribution < -0.4 is 11.5 Å². The predicted octanol–water partition coefficient (Wildman–Crippen LogP) is -1.06. The molecule has 0 radical (unpaired) electrons. The number of carbonyl (C=O) groups excluding carboxylic acids is 1. The molecular weight excluding hydrogens is 280 g/mol. The van der Waals surface area contributed by atoms with Crippen molar-refractivity contribution in [3.63, 3.8) is 0 Å². The Morgan fingerprint density at radius 2 is 1.90 bits per heavy atom. The van der Waals surface area contributed by atoms with Gasteiger partial charge in [0.25, 0.3) is 0 Å². The SMILES string of the molecule is CC(C)N1CCC(N(CC(N)=O)S(=O)(=O)CCN)CC1. The van der Waals surface area contributed by atoms with Gasteiger partial charge in [-0.25, -0.2) is 8.42 Å². The van der Waals surface area contributed by atoms with Crippen LogP contribution in [0.4, 0.5) is 0 Å². The summed E-state index contributed by atoms with van der Waals surface area (Å²) in [7, 11) is -3.52. The van der Waals surface area contributed by atoms with Crippen LogP contribution in [0.15, 0.2) is 0 Å². The molecule has 0 aromatic rings. The van der Waals surface area contributed by atoms with Crippen LogP contribution in [0.3, 0.4) is 0 Å². The molecule has 1 heterocycles. The highest BCUT2D eigenvalue weighted by molar-refractivity contribution is 7.89. The third-order valence-corrected chi connectivity index (χ3v) is 5.57. The number of primary amides is 1. The third kappa shape index (κ3) is 4.69. The number of rotatable bonds is 7. The molecule has 0 aromatic carbocycles. The minimum atomic E-state index is -3.52. The lowest BCUT2D eigenvalue weighted by atomic mass is 10.0. The first-order valence-electron chi connectivity index (χ1n) is 7.00. The Labute approximate surface area is 121 Å². The number of amides is 1. The van der Waals surface area contributed by atoms with Gasteiger partial charge in [0.2, 0.25) is 15.9 Å². The zero-order valence-electron chi connectivity index (χ0n) is 12.3. The van der Waals surface area contributed by atoms with E-state index in [2.05, 4.69) is 18.7 Å². The largest absolute Gasteiger partial charge is 0.369 e. The summed E-state index contributed by atoms with van der Waals surface area (Å²) in [6.45, 7) is 5.68. The molecule has 0 aliphatic carbocycles. The Hall–Kier alpha value is -0.700. The highest BCUT2D eigenvalue weighted by atomic mass is 32.2. The van der Waals surface area contributed by atoms with Crippen LogP contribution in [0.5, 0.6) is 0 Å². The number of likely N-dealkylation sites (tertiary alicyclic amines) is 1. The van der Waals surface area contributed by atoms with Crippen molar-refractivity contribution in [3.05, 3.63) is 0 Å². The molecule has 0 unspecified atom stereocenters. The average Bonchev–Trinajstić information content (AvgIpc) is 2.35. The maximum absolute atomic E-state index is 12.2. The van der Waals surface area contributed by atoms with E-state index < -0.39 is 15.9 Å². The second-order valence-electron chi connectivity index (χ2n) is 5.48. The van der Waals surface area contributed by atoms with Crippen LogP contribution in [0.1, 0.15) is 26.7 Å². The van der Waals surface area contributed by atoms with Gasteiger partial charge < -0.3 is 16.4 Å². The smallest absolute Gasteiger partial charge is 0.232 e. The molecule has 0 atom stereocenters. The van der Waals surface area contributed by atoms with Gasteiger partial charge in [0.05, 0.1) is 12.3 Å². The van der Waals surface area contributed by atoms with E-state index in [1.165, 1.54) is 4.31 Å². The van der Waals surface area contributed by atoms with E-state index >= 15 is 0 Å². The van der Waals surface area contributed by atoms with Crippen LogP contribution in [-0.4, -0.2) is 67.5 Å². The van der Waals surface area contributed by atoms with Gasteiger partial charge in [-0.1, -0.05) is 0 Å². The van der Waals surface area contributed by atoms with Crippen molar-refractivity contribution in [2.45, 2.75) is 38.8 Å². The number of hydrogen-bond acceptors (Lipinski definition) is 5. The molecule has 7 nitrogen and oxygen atoms in total. The maximum Gasteiger partial charge on any atom is 0.232 e. The van der Waals surface area contributed by atoms with Gasteiger partial charge in [0.15, 0.2) is 0 Å². The average molecular weight is 306 g/mol. The highest BCUT2D eigenvalue weighted by Gasteiger charge is 2.33. The molecule has 1 amide bonds. The van der Waals surface area contributed by atoms with E-state index in [4.69, 9.17) is 11.5 Å². The van der Waals surface area contributed by atoms with Crippen LogP contribution >= 0.6 is 0 Å². The number of nitrogens with two attached hydrogens (primary N) is 2. The summed E-state index contributed by atoms with van der Waals surface area (Å²) in [6, 6.07) is 0.287. The summed E-state index contributed by atoms with van der Waals surface area (Å²) in [6.07, 6.45) is 1.44. The molecular formula is C12H26N4O3S. The lowest BCUT2D eigenvalue weighted by Gasteiger charge is -2.38. The monoisotopic (exact) mass is 306 g/mol. The van der Waals surface area contributed by atoms with Gasteiger partial charge in [-0.2, -0.15) is 4.31 Å². The summed E-state index contributed by atoms with van der Waals surface area (Å²) in [4.78, 5) is 13.5. The van der Waals surface area contributed by atoms with Gasteiger partial charge in [-0.3, -0.25) is 4.79 Å². The first kappa shape index (κ1) is 17.4. The van der Waals surface area contributed by atoms with Crippen LogP contribution in [-0.2, 0) is 14.8 Å². The summed E-state index contributed by atoms with van der Waals surface area (Å²) in [5.41, 5.74) is 10.5. The van der Waals surface area contributed by atoms with E-state index in [0.29, 0.717) is 6.04 Å². The molecule has 0 spiro atoms. The molecule has 118 valence electrons. The topological polar surface area (TPSA) is 110 Å². The number of carbonyl (C=O) groups is 1. The normalized spacial score (nSPS) is 18.9. The number of sulfonamides is 1. The molecule has 1 aliphatic rings. The lowest BCUT2D eigenvalue weighted by molar-refractivity contribution is -0.118. The zero-order valence-corrected chi connectivity index (χ0v) is 13.1. The van der Waals surface area contributed by atoms with Crippen LogP contribution in [0.25, 0.3) is 0 Å². The Kier molecular flexibility index (Phi) is 6.38. The molecule has 0 saturated carbocycles. The molecule has 1 rings (SSSR count). The molecule has 1 saturated heterocycles. The molecule has 8 heteroatoms. The van der Waals surface area contributed by atoms with E-state index in [1.54, 1.807) is 0 Å². The Morgan fingerprint density at radius 3 is 2.30 bits per heavy atom. The molecule has 4 N–H and O–H groups in total. The van der Waals surface area contributed by atoms with E-state index in [-0.39, 0.29) is 24.9 Å². The lowest BCUT2D eigenvalue weighted by Crippen LogP contribution is -2.52. The van der Waals surface area contributed by atoms with Crippen molar-refractivity contribution in [2.24, 2.45) is 11.5 Å². The number of piperidine rings is 1. The Bertz CT molecular complexity index is 416. The second kappa shape index (κ2) is 7.35. The van der Waals surface area contributed by atoms with Gasteiger partial charge in [-0.05, 0) is 39.8 Å². The van der Waals surface area contributed by atoms with Gasteiger partial charge in [-0.15, -0.1) is 0 Å². The fourth-order valence-corrected chi connectivity index (χ4v) is 4.09. The predicted molar refractivity (Wildman–Crippen MR) is 78.5 cm³/mol. The van der Waals surface area contributed by atoms with Crippen molar-refractivity contribution in [2.75, 3.05) is 31.9 Å².